The normalized spacial score (nSPS) is 13.8. The molecule has 0 amide bonds. The molecule has 5 heteroatoms. The number of para-hydroxylation sites is 1. The molecule has 0 saturated heterocycles. The highest BCUT2D eigenvalue weighted by Crippen LogP contribution is 2.29. The van der Waals surface area contributed by atoms with Crippen molar-refractivity contribution in [1.82, 2.24) is 14.9 Å². The minimum Gasteiger partial charge on any atom is -0.353 e. The second-order valence-electron chi connectivity index (χ2n) is 7.28. The molecule has 1 aliphatic heterocycles. The summed E-state index contributed by atoms with van der Waals surface area (Å²) in [4.78, 5) is 14.5. The maximum absolute atomic E-state index is 4.93. The van der Waals surface area contributed by atoms with E-state index in [1.165, 1.54) is 11.1 Å². The summed E-state index contributed by atoms with van der Waals surface area (Å²) in [6.45, 7) is 10.2. The molecule has 3 aromatic rings. The van der Waals surface area contributed by atoms with Crippen LogP contribution < -0.4 is 10.2 Å². The Morgan fingerprint density at radius 3 is 2.54 bits per heavy atom. The van der Waals surface area contributed by atoms with Crippen LogP contribution in [0.15, 0.2) is 48.5 Å². The first kappa shape index (κ1) is 18.7. The summed E-state index contributed by atoms with van der Waals surface area (Å²) in [6.07, 6.45) is 1.05. The minimum atomic E-state index is 0.722. The quantitative estimate of drug-likeness (QED) is 0.677. The van der Waals surface area contributed by atoms with Crippen molar-refractivity contribution in [3.05, 3.63) is 59.7 Å². The molecular weight excluding hydrogens is 346 g/mol. The minimum absolute atomic E-state index is 0.722. The van der Waals surface area contributed by atoms with E-state index >= 15 is 0 Å². The van der Waals surface area contributed by atoms with Gasteiger partial charge in [0, 0.05) is 31.6 Å². The molecule has 0 unspecified atom stereocenters. The summed E-state index contributed by atoms with van der Waals surface area (Å²) in [7, 11) is 0. The fourth-order valence-corrected chi connectivity index (χ4v) is 3.92. The van der Waals surface area contributed by atoms with Crippen LogP contribution in [0.25, 0.3) is 10.9 Å². The molecule has 0 bridgehead atoms. The van der Waals surface area contributed by atoms with E-state index in [1.807, 2.05) is 6.07 Å². The van der Waals surface area contributed by atoms with E-state index in [4.69, 9.17) is 9.97 Å². The Hall–Kier alpha value is -2.66. The molecule has 0 aliphatic carbocycles. The van der Waals surface area contributed by atoms with Crippen molar-refractivity contribution >= 4 is 22.7 Å². The fourth-order valence-electron chi connectivity index (χ4n) is 3.92. The molecular formula is C23H29N5. The summed E-state index contributed by atoms with van der Waals surface area (Å²) < 4.78 is 0. The third kappa shape index (κ3) is 3.94. The zero-order valence-corrected chi connectivity index (χ0v) is 16.9. The molecule has 0 atom stereocenters. The number of likely N-dealkylation sites (N-methyl/N-ethyl adjacent to an activating group) is 1. The van der Waals surface area contributed by atoms with Crippen molar-refractivity contribution < 1.29 is 0 Å². The van der Waals surface area contributed by atoms with Crippen LogP contribution in [0.3, 0.4) is 0 Å². The molecule has 2 heterocycles. The molecule has 1 aliphatic rings. The molecule has 0 radical (unpaired) electrons. The van der Waals surface area contributed by atoms with Gasteiger partial charge in [0.25, 0.3) is 0 Å². The van der Waals surface area contributed by atoms with Crippen LogP contribution in [0.4, 0.5) is 11.8 Å². The van der Waals surface area contributed by atoms with E-state index in [2.05, 4.69) is 71.4 Å². The van der Waals surface area contributed by atoms with Gasteiger partial charge in [-0.25, -0.2) is 4.98 Å². The lowest BCUT2D eigenvalue weighted by Gasteiger charge is -2.30. The summed E-state index contributed by atoms with van der Waals surface area (Å²) in [5.74, 6) is 1.75. The van der Waals surface area contributed by atoms with Gasteiger partial charge < -0.3 is 15.1 Å². The van der Waals surface area contributed by atoms with Crippen molar-refractivity contribution in [1.29, 1.82) is 0 Å². The second-order valence-corrected chi connectivity index (χ2v) is 7.28. The Kier molecular flexibility index (Phi) is 5.72. The molecule has 0 saturated carbocycles. The third-order valence-electron chi connectivity index (χ3n) is 5.62. The van der Waals surface area contributed by atoms with Gasteiger partial charge in [-0.3, -0.25) is 0 Å². The smallest absolute Gasteiger partial charge is 0.225 e. The van der Waals surface area contributed by atoms with E-state index in [0.717, 1.165) is 68.4 Å². The lowest BCUT2D eigenvalue weighted by atomic mass is 10.00. The first-order chi connectivity index (χ1) is 13.8. The van der Waals surface area contributed by atoms with Crippen LogP contribution >= 0.6 is 0 Å². The number of nitrogens with zero attached hydrogens (tertiary/aromatic N) is 4. The van der Waals surface area contributed by atoms with Gasteiger partial charge >= 0.3 is 0 Å². The summed E-state index contributed by atoms with van der Waals surface area (Å²) >= 11 is 0. The Morgan fingerprint density at radius 2 is 1.71 bits per heavy atom. The molecule has 5 nitrogen and oxygen atoms in total. The van der Waals surface area contributed by atoms with E-state index in [9.17, 15) is 0 Å². The lowest BCUT2D eigenvalue weighted by Crippen LogP contribution is -2.32. The van der Waals surface area contributed by atoms with Crippen LogP contribution in [0, 0.1) is 0 Å². The van der Waals surface area contributed by atoms with Gasteiger partial charge in [0.15, 0.2) is 0 Å². The van der Waals surface area contributed by atoms with Crippen LogP contribution in [0.5, 0.6) is 0 Å². The number of aromatic nitrogens is 2. The van der Waals surface area contributed by atoms with Gasteiger partial charge in [-0.05, 0) is 42.8 Å². The van der Waals surface area contributed by atoms with E-state index in [-0.39, 0.29) is 0 Å². The number of anilines is 2. The number of fused-ring (bicyclic) bond motifs is 2. The number of rotatable bonds is 7. The summed E-state index contributed by atoms with van der Waals surface area (Å²) in [6, 6.07) is 17.1. The van der Waals surface area contributed by atoms with Crippen LogP contribution in [0.1, 0.15) is 25.0 Å². The number of nitrogens with one attached hydrogen (secondary N) is 1. The van der Waals surface area contributed by atoms with Crippen molar-refractivity contribution in [3.63, 3.8) is 0 Å². The van der Waals surface area contributed by atoms with Crippen molar-refractivity contribution in [2.45, 2.75) is 26.8 Å². The zero-order chi connectivity index (χ0) is 19.3. The molecule has 0 fully saturated rings. The fraction of sp³-hybridized carbons (Fsp3) is 0.391. The van der Waals surface area contributed by atoms with Gasteiger partial charge in [-0.15, -0.1) is 0 Å². The SMILES string of the molecule is CCN(CC)CCNc1nc(N2CCc3ccccc3C2)c2ccccc2n1. The average molecular weight is 376 g/mol. The molecule has 1 N–H and O–H groups in total. The predicted octanol–water partition coefficient (Wildman–Crippen LogP) is 3.95. The maximum Gasteiger partial charge on any atom is 0.225 e. The Labute approximate surface area is 167 Å². The number of hydrogen-bond donors (Lipinski definition) is 1. The first-order valence-electron chi connectivity index (χ1n) is 10.3. The topological polar surface area (TPSA) is 44.3 Å². The molecule has 2 aromatic carbocycles. The van der Waals surface area contributed by atoms with E-state index in [0.29, 0.717) is 0 Å². The van der Waals surface area contributed by atoms with Gasteiger partial charge in [-0.2, -0.15) is 4.98 Å². The largest absolute Gasteiger partial charge is 0.353 e. The lowest BCUT2D eigenvalue weighted by molar-refractivity contribution is 0.316. The molecule has 4 rings (SSSR count). The standard InChI is InChI=1S/C23H29N5/c1-3-27(4-2)16-14-24-23-25-21-12-8-7-11-20(21)22(26-23)28-15-13-18-9-5-6-10-19(18)17-28/h5-12H,3-4,13-17H2,1-2H3,(H,24,25,26). The summed E-state index contributed by atoms with van der Waals surface area (Å²) in [5.41, 5.74) is 3.85. The Morgan fingerprint density at radius 1 is 0.964 bits per heavy atom. The van der Waals surface area contributed by atoms with E-state index < -0.39 is 0 Å². The number of benzene rings is 2. The van der Waals surface area contributed by atoms with Gasteiger partial charge in [0.2, 0.25) is 5.95 Å². The maximum atomic E-state index is 4.93. The van der Waals surface area contributed by atoms with Crippen LogP contribution in [-0.4, -0.2) is 47.6 Å². The van der Waals surface area contributed by atoms with Crippen molar-refractivity contribution in [2.24, 2.45) is 0 Å². The Bertz CT molecular complexity index is 935. The highest BCUT2D eigenvalue weighted by molar-refractivity contribution is 5.90. The first-order valence-corrected chi connectivity index (χ1v) is 10.3. The number of hydrogen-bond acceptors (Lipinski definition) is 5. The second kappa shape index (κ2) is 8.57. The predicted molar refractivity (Wildman–Crippen MR) is 117 cm³/mol. The Balaban J connectivity index is 1.60. The third-order valence-corrected chi connectivity index (χ3v) is 5.62. The van der Waals surface area contributed by atoms with Crippen molar-refractivity contribution in [2.75, 3.05) is 42.9 Å². The van der Waals surface area contributed by atoms with Gasteiger partial charge in [-0.1, -0.05) is 50.2 Å². The highest BCUT2D eigenvalue weighted by Gasteiger charge is 2.20. The average Bonchev–Trinajstić information content (AvgIpc) is 2.76. The molecule has 0 spiro atoms. The van der Waals surface area contributed by atoms with Crippen LogP contribution in [0.2, 0.25) is 0 Å². The summed E-state index contributed by atoms with van der Waals surface area (Å²) in [5, 5.41) is 4.57. The molecule has 1 aromatic heterocycles. The zero-order valence-electron chi connectivity index (χ0n) is 16.9. The van der Waals surface area contributed by atoms with Crippen molar-refractivity contribution in [3.8, 4) is 0 Å². The molecule has 28 heavy (non-hydrogen) atoms. The van der Waals surface area contributed by atoms with Gasteiger partial charge in [0.1, 0.15) is 5.82 Å². The monoisotopic (exact) mass is 375 g/mol. The van der Waals surface area contributed by atoms with E-state index in [1.54, 1.807) is 0 Å². The van der Waals surface area contributed by atoms with Crippen LogP contribution in [-0.2, 0) is 13.0 Å². The highest BCUT2D eigenvalue weighted by atomic mass is 15.2. The molecule has 146 valence electrons. The van der Waals surface area contributed by atoms with Gasteiger partial charge in [0.05, 0.1) is 5.52 Å².